The number of aromatic nitrogens is 2. The number of ether oxygens (including phenoxy) is 1. The summed E-state index contributed by atoms with van der Waals surface area (Å²) in [5, 5.41) is 10.0. The average Bonchev–Trinajstić information content (AvgIpc) is 3.55. The Balaban J connectivity index is 1.30. The summed E-state index contributed by atoms with van der Waals surface area (Å²) in [7, 11) is 1.67. The van der Waals surface area contributed by atoms with E-state index >= 15 is 0 Å². The number of anilines is 1. The van der Waals surface area contributed by atoms with Gasteiger partial charge in [-0.05, 0) is 43.0 Å². The first-order valence-corrected chi connectivity index (χ1v) is 12.6. The molecule has 2 aliphatic heterocycles. The highest BCUT2D eigenvalue weighted by molar-refractivity contribution is 6.05. The van der Waals surface area contributed by atoms with Gasteiger partial charge in [-0.3, -0.25) is 14.6 Å². The van der Waals surface area contributed by atoms with E-state index in [2.05, 4.69) is 25.8 Å². The summed E-state index contributed by atoms with van der Waals surface area (Å²) in [6.45, 7) is 4.28. The van der Waals surface area contributed by atoms with Gasteiger partial charge >= 0.3 is 0 Å². The van der Waals surface area contributed by atoms with Crippen LogP contribution in [0, 0.1) is 12.8 Å². The molecule has 0 saturated heterocycles. The molecule has 0 bridgehead atoms. The number of nitrogens with one attached hydrogen (secondary N) is 2. The highest BCUT2D eigenvalue weighted by atomic mass is 16.5. The number of likely N-dealkylation sites (N-methyl/N-ethyl adjacent to an activating group) is 1. The van der Waals surface area contributed by atoms with Gasteiger partial charge in [0.05, 0.1) is 12.2 Å². The quantitative estimate of drug-likeness (QED) is 0.635. The average molecular weight is 493 g/mol. The highest BCUT2D eigenvalue weighted by Gasteiger charge is 2.33. The van der Waals surface area contributed by atoms with Gasteiger partial charge in [0.15, 0.2) is 5.82 Å². The van der Waals surface area contributed by atoms with E-state index in [4.69, 9.17) is 9.26 Å². The van der Waals surface area contributed by atoms with Crippen molar-refractivity contribution >= 4 is 23.3 Å². The predicted molar refractivity (Wildman–Crippen MR) is 135 cm³/mol. The summed E-state index contributed by atoms with van der Waals surface area (Å²) in [5.74, 6) is 2.33. The lowest BCUT2D eigenvalue weighted by Crippen LogP contribution is -2.51. The van der Waals surface area contributed by atoms with Crippen molar-refractivity contribution in [1.29, 1.82) is 0 Å². The molecule has 2 aromatic rings. The van der Waals surface area contributed by atoms with E-state index in [9.17, 15) is 9.59 Å². The third-order valence-electron chi connectivity index (χ3n) is 7.13. The number of fused-ring (bicyclic) bond motifs is 1. The number of rotatable bonds is 6. The van der Waals surface area contributed by atoms with Crippen LogP contribution in [-0.2, 0) is 9.59 Å². The standard InChI is InChI=1S/C26H32N6O4/c1-4-17-13-27-22(11-16-7-5-6-8-16)30-23(17)24(33)29-19-14-35-21-10-9-18(25-28-15(2)31-36-25)12-20(21)32(3)26(19)34/h9-10,12,16,19H,4-8,11,13-14H2,1-3H3,(H,27,30)(H,29,33). The van der Waals surface area contributed by atoms with Crippen LogP contribution in [0.15, 0.2) is 39.0 Å². The van der Waals surface area contributed by atoms with E-state index in [0.29, 0.717) is 53.3 Å². The number of benzene rings is 1. The second-order valence-corrected chi connectivity index (χ2v) is 9.64. The molecule has 190 valence electrons. The van der Waals surface area contributed by atoms with E-state index in [0.717, 1.165) is 17.8 Å². The van der Waals surface area contributed by atoms with Gasteiger partial charge in [0.1, 0.15) is 29.9 Å². The Morgan fingerprint density at radius 3 is 2.81 bits per heavy atom. The smallest absolute Gasteiger partial charge is 0.268 e. The molecule has 1 saturated carbocycles. The number of amidine groups is 1. The minimum absolute atomic E-state index is 0.0265. The van der Waals surface area contributed by atoms with Crippen LogP contribution in [0.25, 0.3) is 11.5 Å². The highest BCUT2D eigenvalue weighted by Crippen LogP contribution is 2.35. The topological polar surface area (TPSA) is 122 Å². The summed E-state index contributed by atoms with van der Waals surface area (Å²) in [5.41, 5.74) is 2.69. The minimum atomic E-state index is -0.839. The first-order chi connectivity index (χ1) is 17.4. The number of hydrogen-bond acceptors (Lipinski definition) is 8. The van der Waals surface area contributed by atoms with Crippen molar-refractivity contribution in [2.45, 2.75) is 58.4 Å². The molecular formula is C26H32N6O4. The Morgan fingerprint density at radius 2 is 2.08 bits per heavy atom. The van der Waals surface area contributed by atoms with Crippen LogP contribution >= 0.6 is 0 Å². The van der Waals surface area contributed by atoms with E-state index in [1.807, 2.05) is 6.92 Å². The molecule has 2 N–H and O–H groups in total. The number of carbonyl (C=O) groups is 2. The molecule has 2 amide bonds. The molecule has 1 unspecified atom stereocenters. The molecule has 1 atom stereocenters. The van der Waals surface area contributed by atoms with E-state index in [1.54, 1.807) is 32.2 Å². The first-order valence-electron chi connectivity index (χ1n) is 12.6. The summed E-state index contributed by atoms with van der Waals surface area (Å²) in [6.07, 6.45) is 6.50. The lowest BCUT2D eigenvalue weighted by Gasteiger charge is -2.25. The van der Waals surface area contributed by atoms with Gasteiger partial charge in [-0.25, -0.2) is 0 Å². The van der Waals surface area contributed by atoms with Crippen LogP contribution in [0.3, 0.4) is 0 Å². The Labute approximate surface area is 210 Å². The zero-order chi connectivity index (χ0) is 25.2. The van der Waals surface area contributed by atoms with Crippen molar-refractivity contribution in [3.05, 3.63) is 35.3 Å². The molecular weight excluding hydrogens is 460 g/mol. The van der Waals surface area contributed by atoms with Crippen LogP contribution in [0.2, 0.25) is 0 Å². The second kappa shape index (κ2) is 10.1. The Bertz CT molecular complexity index is 1230. The molecule has 0 spiro atoms. The monoisotopic (exact) mass is 492 g/mol. The minimum Gasteiger partial charge on any atom is -0.489 e. The van der Waals surface area contributed by atoms with Crippen molar-refractivity contribution in [2.24, 2.45) is 10.9 Å². The molecule has 10 heteroatoms. The molecule has 1 aromatic carbocycles. The summed E-state index contributed by atoms with van der Waals surface area (Å²) < 4.78 is 11.2. The van der Waals surface area contributed by atoms with Gasteiger partial charge in [0.2, 0.25) is 0 Å². The second-order valence-electron chi connectivity index (χ2n) is 9.64. The van der Waals surface area contributed by atoms with Crippen LogP contribution in [0.4, 0.5) is 5.69 Å². The lowest BCUT2D eigenvalue weighted by atomic mass is 10.0. The van der Waals surface area contributed by atoms with Crippen LogP contribution < -0.4 is 20.3 Å². The number of nitrogens with zero attached hydrogens (tertiary/aromatic N) is 4. The van der Waals surface area contributed by atoms with E-state index < -0.39 is 6.04 Å². The van der Waals surface area contributed by atoms with Crippen molar-refractivity contribution < 1.29 is 18.8 Å². The lowest BCUT2D eigenvalue weighted by molar-refractivity contribution is -0.126. The number of amides is 2. The predicted octanol–water partition coefficient (Wildman–Crippen LogP) is 3.13. The molecule has 1 fully saturated rings. The van der Waals surface area contributed by atoms with Crippen molar-refractivity contribution in [3.8, 4) is 17.2 Å². The molecule has 5 rings (SSSR count). The third-order valence-corrected chi connectivity index (χ3v) is 7.13. The SMILES string of the molecule is CCC1=C(C(=O)NC2COc3ccc(-c4nc(C)no4)cc3N(C)C2=O)NC(CC2CCCC2)=NC1. The normalized spacial score (nSPS) is 20.4. The fraction of sp³-hybridized carbons (Fsp3) is 0.500. The maximum atomic E-state index is 13.4. The molecule has 0 radical (unpaired) electrons. The Hall–Kier alpha value is -3.69. The largest absolute Gasteiger partial charge is 0.489 e. The van der Waals surface area contributed by atoms with Gasteiger partial charge in [-0.2, -0.15) is 4.98 Å². The van der Waals surface area contributed by atoms with Crippen LogP contribution in [-0.4, -0.2) is 54.0 Å². The Kier molecular flexibility index (Phi) is 6.75. The molecule has 10 nitrogen and oxygen atoms in total. The number of aryl methyl sites for hydroxylation is 1. The maximum Gasteiger partial charge on any atom is 0.268 e. The summed E-state index contributed by atoms with van der Waals surface area (Å²) >= 11 is 0. The van der Waals surface area contributed by atoms with Gasteiger partial charge in [0.25, 0.3) is 17.7 Å². The van der Waals surface area contributed by atoms with E-state index in [1.165, 1.54) is 30.6 Å². The first kappa shape index (κ1) is 24.0. The number of aliphatic imine (C=N–C) groups is 1. The fourth-order valence-corrected chi connectivity index (χ4v) is 5.03. The third kappa shape index (κ3) is 4.84. The van der Waals surface area contributed by atoms with Gasteiger partial charge in [-0.15, -0.1) is 0 Å². The van der Waals surface area contributed by atoms with Gasteiger partial charge < -0.3 is 24.8 Å². The maximum absolute atomic E-state index is 13.4. The molecule has 3 aliphatic rings. The summed E-state index contributed by atoms with van der Waals surface area (Å²) in [6, 6.07) is 4.51. The number of carbonyl (C=O) groups excluding carboxylic acids is 2. The van der Waals surface area contributed by atoms with Crippen molar-refractivity contribution in [1.82, 2.24) is 20.8 Å². The Morgan fingerprint density at radius 1 is 1.28 bits per heavy atom. The molecule has 1 aliphatic carbocycles. The molecule has 3 heterocycles. The van der Waals surface area contributed by atoms with Gasteiger partial charge in [0, 0.05) is 19.0 Å². The summed E-state index contributed by atoms with van der Waals surface area (Å²) in [4.78, 5) is 37.1. The zero-order valence-corrected chi connectivity index (χ0v) is 21.0. The fourth-order valence-electron chi connectivity index (χ4n) is 5.03. The van der Waals surface area contributed by atoms with Gasteiger partial charge in [-0.1, -0.05) is 37.8 Å². The van der Waals surface area contributed by atoms with Crippen molar-refractivity contribution in [2.75, 3.05) is 25.1 Å². The van der Waals surface area contributed by atoms with E-state index in [-0.39, 0.29) is 18.4 Å². The van der Waals surface area contributed by atoms with Crippen LogP contribution in [0.1, 0.15) is 51.3 Å². The number of hydrogen-bond donors (Lipinski definition) is 2. The molecule has 1 aromatic heterocycles. The van der Waals surface area contributed by atoms with Crippen LogP contribution in [0.5, 0.6) is 5.75 Å². The molecule has 36 heavy (non-hydrogen) atoms. The zero-order valence-electron chi connectivity index (χ0n) is 21.0. The van der Waals surface area contributed by atoms with Crippen molar-refractivity contribution in [3.63, 3.8) is 0 Å².